The Kier molecular flexibility index (Phi) is 12.1. The van der Waals surface area contributed by atoms with Gasteiger partial charge in [-0.15, -0.1) is 0 Å². The third kappa shape index (κ3) is 10.3. The summed E-state index contributed by atoms with van der Waals surface area (Å²) in [6.45, 7) is 9.17. The molecule has 0 heterocycles. The molecule has 0 bridgehead atoms. The van der Waals surface area contributed by atoms with Crippen molar-refractivity contribution in [3.63, 3.8) is 0 Å². The Bertz CT molecular complexity index is 882. The summed E-state index contributed by atoms with van der Waals surface area (Å²) in [4.78, 5) is 31.8. The minimum atomic E-state index is -0.570. The summed E-state index contributed by atoms with van der Waals surface area (Å²) in [5.74, 6) is -0.897. The fraction of sp³-hybridized carbons (Fsp3) is 0.429. The SMILES string of the molecule is CC(C)CNNC(=O)C(CC(C)C)[C@H](CC=Cc1ccccc1)C(=O)NOCc1ccccc1. The standard InChI is InChI=1S/C28H39N3O3/c1-21(2)18-26(27(32)30-29-19-22(3)4)25(17-11-16-23-12-7-5-8-13-23)28(33)31-34-20-24-14-9-6-10-15-24/h5-16,21-22,25-26,29H,17-20H2,1-4H3,(H,30,32)(H,31,33)/t25-,26?/m0/s1. The molecule has 0 saturated carbocycles. The summed E-state index contributed by atoms with van der Waals surface area (Å²) in [6, 6.07) is 19.5. The molecule has 0 saturated heterocycles. The van der Waals surface area contributed by atoms with Crippen molar-refractivity contribution in [1.29, 1.82) is 0 Å². The van der Waals surface area contributed by atoms with Crippen LogP contribution in [0.3, 0.4) is 0 Å². The predicted molar refractivity (Wildman–Crippen MR) is 137 cm³/mol. The van der Waals surface area contributed by atoms with Gasteiger partial charge in [0, 0.05) is 6.54 Å². The Morgan fingerprint density at radius 2 is 1.50 bits per heavy atom. The van der Waals surface area contributed by atoms with Gasteiger partial charge >= 0.3 is 0 Å². The Labute approximate surface area is 204 Å². The van der Waals surface area contributed by atoms with Crippen LogP contribution >= 0.6 is 0 Å². The highest BCUT2D eigenvalue weighted by Crippen LogP contribution is 2.25. The van der Waals surface area contributed by atoms with E-state index in [9.17, 15) is 9.59 Å². The van der Waals surface area contributed by atoms with Gasteiger partial charge in [0.25, 0.3) is 0 Å². The molecule has 2 rings (SSSR count). The molecule has 2 amide bonds. The van der Waals surface area contributed by atoms with E-state index in [1.54, 1.807) is 0 Å². The fourth-order valence-corrected chi connectivity index (χ4v) is 3.61. The molecule has 184 valence electrons. The fourth-order valence-electron chi connectivity index (χ4n) is 3.61. The van der Waals surface area contributed by atoms with Gasteiger partial charge in [-0.05, 0) is 35.8 Å². The molecule has 0 aliphatic heterocycles. The lowest BCUT2D eigenvalue weighted by Crippen LogP contribution is -2.47. The zero-order valence-corrected chi connectivity index (χ0v) is 20.8. The number of hydrogen-bond donors (Lipinski definition) is 3. The molecule has 2 aromatic carbocycles. The maximum atomic E-state index is 13.2. The van der Waals surface area contributed by atoms with Crippen LogP contribution in [0.15, 0.2) is 66.7 Å². The van der Waals surface area contributed by atoms with Crippen molar-refractivity contribution < 1.29 is 14.4 Å². The van der Waals surface area contributed by atoms with Gasteiger partial charge in [-0.3, -0.25) is 19.9 Å². The Balaban J connectivity index is 2.13. The summed E-state index contributed by atoms with van der Waals surface area (Å²) in [6.07, 6.45) is 4.95. The zero-order valence-electron chi connectivity index (χ0n) is 20.8. The second-order valence-corrected chi connectivity index (χ2v) is 9.40. The molecule has 0 spiro atoms. The number of benzene rings is 2. The number of allylic oxidation sites excluding steroid dienone is 1. The molecule has 0 radical (unpaired) electrons. The first-order valence-corrected chi connectivity index (χ1v) is 12.1. The molecule has 34 heavy (non-hydrogen) atoms. The number of nitrogens with one attached hydrogen (secondary N) is 3. The Hall–Kier alpha value is -2.96. The molecule has 0 aliphatic carbocycles. The van der Waals surface area contributed by atoms with Crippen LogP contribution in [0.2, 0.25) is 0 Å². The number of hydroxylamine groups is 1. The Morgan fingerprint density at radius 1 is 0.853 bits per heavy atom. The molecular weight excluding hydrogens is 426 g/mol. The van der Waals surface area contributed by atoms with E-state index < -0.39 is 11.8 Å². The van der Waals surface area contributed by atoms with E-state index in [-0.39, 0.29) is 24.3 Å². The van der Waals surface area contributed by atoms with Crippen LogP contribution in [0, 0.1) is 23.7 Å². The zero-order chi connectivity index (χ0) is 24.8. The minimum Gasteiger partial charge on any atom is -0.291 e. The van der Waals surface area contributed by atoms with E-state index in [0.29, 0.717) is 25.3 Å². The quantitative estimate of drug-likeness (QED) is 0.347. The van der Waals surface area contributed by atoms with E-state index >= 15 is 0 Å². The molecule has 6 heteroatoms. The van der Waals surface area contributed by atoms with Crippen molar-refractivity contribution in [3.8, 4) is 0 Å². The van der Waals surface area contributed by atoms with Crippen LogP contribution in [-0.2, 0) is 21.0 Å². The van der Waals surface area contributed by atoms with Crippen LogP contribution in [0.25, 0.3) is 6.08 Å². The third-order valence-electron chi connectivity index (χ3n) is 5.36. The van der Waals surface area contributed by atoms with Crippen molar-refractivity contribution in [3.05, 3.63) is 77.9 Å². The molecule has 1 unspecified atom stereocenters. The summed E-state index contributed by atoms with van der Waals surface area (Å²) in [5, 5.41) is 0. The Morgan fingerprint density at radius 3 is 2.12 bits per heavy atom. The highest BCUT2D eigenvalue weighted by atomic mass is 16.6. The number of hydrogen-bond acceptors (Lipinski definition) is 4. The van der Waals surface area contributed by atoms with Crippen molar-refractivity contribution in [2.75, 3.05) is 6.54 Å². The van der Waals surface area contributed by atoms with Crippen molar-refractivity contribution in [2.24, 2.45) is 23.7 Å². The van der Waals surface area contributed by atoms with Gasteiger partial charge in [0.05, 0.1) is 18.4 Å². The topological polar surface area (TPSA) is 79.5 Å². The number of rotatable bonds is 14. The molecule has 0 aliphatic rings. The summed E-state index contributed by atoms with van der Waals surface area (Å²) in [5.41, 5.74) is 10.4. The van der Waals surface area contributed by atoms with Gasteiger partial charge in [0.1, 0.15) is 0 Å². The monoisotopic (exact) mass is 465 g/mol. The molecule has 6 nitrogen and oxygen atoms in total. The number of carbonyl (C=O) groups excluding carboxylic acids is 2. The van der Waals surface area contributed by atoms with Crippen LogP contribution in [0.5, 0.6) is 0 Å². The largest absolute Gasteiger partial charge is 0.291 e. The van der Waals surface area contributed by atoms with Gasteiger partial charge in [0.2, 0.25) is 11.8 Å². The summed E-state index contributed by atoms with van der Waals surface area (Å²) >= 11 is 0. The van der Waals surface area contributed by atoms with Gasteiger partial charge in [-0.1, -0.05) is 101 Å². The molecule has 0 fully saturated rings. The maximum absolute atomic E-state index is 13.2. The molecule has 2 atom stereocenters. The van der Waals surface area contributed by atoms with Crippen molar-refractivity contribution in [2.45, 2.75) is 47.1 Å². The van der Waals surface area contributed by atoms with Crippen LogP contribution in [0.1, 0.15) is 51.7 Å². The lowest BCUT2D eigenvalue weighted by atomic mass is 9.82. The van der Waals surface area contributed by atoms with Gasteiger partial charge in [-0.2, -0.15) is 0 Å². The first-order chi connectivity index (χ1) is 16.4. The van der Waals surface area contributed by atoms with E-state index in [0.717, 1.165) is 11.1 Å². The average molecular weight is 466 g/mol. The first kappa shape index (κ1) is 27.3. The lowest BCUT2D eigenvalue weighted by molar-refractivity contribution is -0.145. The number of carbonyl (C=O) groups is 2. The van der Waals surface area contributed by atoms with Gasteiger partial charge in [-0.25, -0.2) is 10.9 Å². The third-order valence-corrected chi connectivity index (χ3v) is 5.36. The van der Waals surface area contributed by atoms with E-state index in [2.05, 4.69) is 44.0 Å². The van der Waals surface area contributed by atoms with Crippen LogP contribution < -0.4 is 16.3 Å². The molecule has 0 aromatic heterocycles. The summed E-state index contributed by atoms with van der Waals surface area (Å²) < 4.78 is 0. The lowest BCUT2D eigenvalue weighted by Gasteiger charge is -2.26. The normalized spacial score (nSPS) is 13.2. The summed E-state index contributed by atoms with van der Waals surface area (Å²) in [7, 11) is 0. The average Bonchev–Trinajstić information content (AvgIpc) is 2.81. The van der Waals surface area contributed by atoms with E-state index in [4.69, 9.17) is 4.84 Å². The number of amides is 2. The van der Waals surface area contributed by atoms with Crippen LogP contribution in [-0.4, -0.2) is 18.4 Å². The first-order valence-electron chi connectivity index (χ1n) is 12.1. The smallest absolute Gasteiger partial charge is 0.247 e. The van der Waals surface area contributed by atoms with Crippen molar-refractivity contribution in [1.82, 2.24) is 16.3 Å². The highest BCUT2D eigenvalue weighted by molar-refractivity contribution is 5.87. The molecular formula is C28H39N3O3. The molecule has 2 aromatic rings. The molecule has 3 N–H and O–H groups in total. The van der Waals surface area contributed by atoms with Gasteiger partial charge < -0.3 is 0 Å². The predicted octanol–water partition coefficient (Wildman–Crippen LogP) is 4.89. The van der Waals surface area contributed by atoms with E-state index in [1.807, 2.05) is 72.8 Å². The van der Waals surface area contributed by atoms with Crippen LogP contribution in [0.4, 0.5) is 0 Å². The second-order valence-electron chi connectivity index (χ2n) is 9.40. The maximum Gasteiger partial charge on any atom is 0.247 e. The van der Waals surface area contributed by atoms with E-state index in [1.165, 1.54) is 0 Å². The minimum absolute atomic E-state index is 0.175. The van der Waals surface area contributed by atoms with Gasteiger partial charge in [0.15, 0.2) is 0 Å². The second kappa shape index (κ2) is 15.0. The number of hydrazine groups is 1. The highest BCUT2D eigenvalue weighted by Gasteiger charge is 2.33. The van der Waals surface area contributed by atoms with Crippen molar-refractivity contribution >= 4 is 17.9 Å².